The number of rotatable bonds is 13. The topological polar surface area (TPSA) is 185 Å². The second-order valence-corrected chi connectivity index (χ2v) is 12.7. The molecule has 0 bridgehead atoms. The SMILES string of the molecule is CCCOc1cc(C(=O)N[C@@H](CC(C)C)C(=O)Nc2ccc(C)c(N3Cc4cnc(Nc5ccc(C)nc5)nc4N(C)C3=O)c2)ccc1[N+](=O)[O-]. The van der Waals surface area contributed by atoms with Gasteiger partial charge in [-0.05, 0) is 68.5 Å². The minimum absolute atomic E-state index is 0.0180. The monoisotopic (exact) mass is 695 g/mol. The highest BCUT2D eigenvalue weighted by Crippen LogP contribution is 2.34. The van der Waals surface area contributed by atoms with Crippen LogP contribution in [0.25, 0.3) is 0 Å². The number of nitrogens with zero attached hydrogens (tertiary/aromatic N) is 6. The van der Waals surface area contributed by atoms with Crippen LogP contribution in [0.1, 0.15) is 60.8 Å². The Kier molecular flexibility index (Phi) is 11.1. The average molecular weight is 696 g/mol. The molecular weight excluding hydrogens is 654 g/mol. The third-order valence-electron chi connectivity index (χ3n) is 8.15. The average Bonchev–Trinajstić information content (AvgIpc) is 3.10. The number of hydrogen-bond acceptors (Lipinski definition) is 10. The fraction of sp³-hybridized carbons (Fsp3) is 0.333. The van der Waals surface area contributed by atoms with Crippen molar-refractivity contribution >= 4 is 52.4 Å². The molecule has 266 valence electrons. The number of nitro groups is 1. The summed E-state index contributed by atoms with van der Waals surface area (Å²) >= 11 is 0. The van der Waals surface area contributed by atoms with Gasteiger partial charge < -0.3 is 20.7 Å². The van der Waals surface area contributed by atoms with E-state index in [1.165, 1.54) is 23.1 Å². The molecule has 1 atom stereocenters. The fourth-order valence-corrected chi connectivity index (χ4v) is 5.51. The van der Waals surface area contributed by atoms with Crippen molar-refractivity contribution in [1.29, 1.82) is 0 Å². The van der Waals surface area contributed by atoms with Crippen molar-refractivity contribution in [2.24, 2.45) is 5.92 Å². The molecule has 0 saturated carbocycles. The molecule has 15 nitrogen and oxygen atoms in total. The lowest BCUT2D eigenvalue weighted by Gasteiger charge is -2.35. The maximum Gasteiger partial charge on any atom is 0.330 e. The summed E-state index contributed by atoms with van der Waals surface area (Å²) in [6.45, 7) is 9.93. The van der Waals surface area contributed by atoms with Gasteiger partial charge >= 0.3 is 11.7 Å². The van der Waals surface area contributed by atoms with Crippen molar-refractivity contribution in [1.82, 2.24) is 20.3 Å². The van der Waals surface area contributed by atoms with Crippen LogP contribution in [-0.2, 0) is 11.3 Å². The summed E-state index contributed by atoms with van der Waals surface area (Å²) in [6.07, 6.45) is 4.31. The van der Waals surface area contributed by atoms with E-state index in [1.807, 2.05) is 46.8 Å². The first-order chi connectivity index (χ1) is 24.3. The number of anilines is 5. The van der Waals surface area contributed by atoms with E-state index in [0.717, 1.165) is 16.8 Å². The molecule has 0 fully saturated rings. The lowest BCUT2D eigenvalue weighted by Crippen LogP contribution is -2.46. The van der Waals surface area contributed by atoms with E-state index in [4.69, 9.17) is 4.74 Å². The van der Waals surface area contributed by atoms with Gasteiger partial charge in [0, 0.05) is 47.9 Å². The summed E-state index contributed by atoms with van der Waals surface area (Å²) in [7, 11) is 1.64. The van der Waals surface area contributed by atoms with Crippen LogP contribution in [0.3, 0.4) is 0 Å². The zero-order valence-electron chi connectivity index (χ0n) is 29.4. The van der Waals surface area contributed by atoms with E-state index >= 15 is 0 Å². The largest absolute Gasteiger partial charge is 0.487 e. The number of benzene rings is 2. The van der Waals surface area contributed by atoms with Crippen molar-refractivity contribution in [2.75, 3.05) is 34.1 Å². The third-order valence-corrected chi connectivity index (χ3v) is 8.15. The number of nitrogens with one attached hydrogen (secondary N) is 3. The van der Waals surface area contributed by atoms with Gasteiger partial charge in [0.05, 0.1) is 35.6 Å². The molecule has 1 aliphatic heterocycles. The summed E-state index contributed by atoms with van der Waals surface area (Å²) in [5.41, 5.74) is 4.01. The lowest BCUT2D eigenvalue weighted by molar-refractivity contribution is -0.385. The van der Waals surface area contributed by atoms with Crippen LogP contribution < -0.4 is 30.5 Å². The first-order valence-corrected chi connectivity index (χ1v) is 16.6. The maximum absolute atomic E-state index is 13.7. The quantitative estimate of drug-likeness (QED) is 0.106. The summed E-state index contributed by atoms with van der Waals surface area (Å²) in [5, 5.41) is 20.3. The number of aromatic nitrogens is 3. The minimum atomic E-state index is -0.928. The van der Waals surface area contributed by atoms with Gasteiger partial charge in [0.15, 0.2) is 5.75 Å². The molecule has 0 unspecified atom stereocenters. The second kappa shape index (κ2) is 15.6. The Morgan fingerprint density at radius 2 is 1.80 bits per heavy atom. The van der Waals surface area contributed by atoms with Gasteiger partial charge in [0.1, 0.15) is 11.9 Å². The number of carbonyl (C=O) groups is 3. The molecule has 0 aliphatic carbocycles. The van der Waals surface area contributed by atoms with Crippen LogP contribution in [-0.4, -0.2) is 57.4 Å². The van der Waals surface area contributed by atoms with E-state index in [9.17, 15) is 24.5 Å². The number of fused-ring (bicyclic) bond motifs is 1. The number of carbonyl (C=O) groups excluding carboxylic acids is 3. The van der Waals surface area contributed by atoms with Crippen LogP contribution >= 0.6 is 0 Å². The van der Waals surface area contributed by atoms with E-state index in [0.29, 0.717) is 41.7 Å². The van der Waals surface area contributed by atoms with E-state index in [2.05, 4.69) is 30.9 Å². The van der Waals surface area contributed by atoms with Gasteiger partial charge in [-0.25, -0.2) is 9.78 Å². The van der Waals surface area contributed by atoms with Gasteiger partial charge in [-0.15, -0.1) is 0 Å². The zero-order valence-corrected chi connectivity index (χ0v) is 29.4. The maximum atomic E-state index is 13.7. The van der Waals surface area contributed by atoms with Gasteiger partial charge in [0.2, 0.25) is 11.9 Å². The van der Waals surface area contributed by atoms with Gasteiger partial charge in [0.25, 0.3) is 5.91 Å². The molecule has 0 radical (unpaired) electrons. The molecule has 2 aromatic heterocycles. The standard InChI is InChI=1S/C36H41N9O6/c1-7-14-51-31-16-24(10-13-29(31)45(49)50)33(46)41-28(15-21(2)3)34(47)39-26-11-8-22(4)30(17-26)44-20-25-18-38-35(42-32(25)43(6)36(44)48)40-27-12-9-23(5)37-19-27/h8-13,16-19,21,28H,7,14-15,20H2,1-6H3,(H,39,47)(H,41,46)(H,38,40,42)/t28-/m0/s1. The van der Waals surface area contributed by atoms with Crippen molar-refractivity contribution in [3.05, 3.63) is 93.4 Å². The third kappa shape index (κ3) is 8.55. The van der Waals surface area contributed by atoms with Crippen LogP contribution in [0.2, 0.25) is 0 Å². The van der Waals surface area contributed by atoms with E-state index in [1.54, 1.807) is 42.5 Å². The predicted molar refractivity (Wildman–Crippen MR) is 194 cm³/mol. The molecule has 51 heavy (non-hydrogen) atoms. The number of aryl methyl sites for hydroxylation is 2. The molecule has 0 spiro atoms. The second-order valence-electron chi connectivity index (χ2n) is 12.7. The Balaban J connectivity index is 1.33. The molecular formula is C36H41N9O6. The van der Waals surface area contributed by atoms with Gasteiger partial charge in [-0.1, -0.05) is 26.8 Å². The number of nitro benzene ring substituents is 1. The highest BCUT2D eigenvalue weighted by atomic mass is 16.6. The Morgan fingerprint density at radius 3 is 2.49 bits per heavy atom. The van der Waals surface area contributed by atoms with Crippen molar-refractivity contribution in [3.8, 4) is 5.75 Å². The van der Waals surface area contributed by atoms with Crippen molar-refractivity contribution in [3.63, 3.8) is 0 Å². The Morgan fingerprint density at radius 1 is 1.04 bits per heavy atom. The summed E-state index contributed by atoms with van der Waals surface area (Å²) in [6, 6.07) is 11.6. The lowest BCUT2D eigenvalue weighted by atomic mass is 10.0. The van der Waals surface area contributed by atoms with E-state index in [-0.39, 0.29) is 42.1 Å². The molecule has 1 aliphatic rings. The summed E-state index contributed by atoms with van der Waals surface area (Å²) in [4.78, 5) is 67.9. The van der Waals surface area contributed by atoms with Crippen molar-refractivity contribution < 1.29 is 24.0 Å². The first kappa shape index (κ1) is 36.2. The molecule has 2 aromatic carbocycles. The molecule has 15 heteroatoms. The van der Waals surface area contributed by atoms with Crippen LogP contribution in [0.15, 0.2) is 60.9 Å². The predicted octanol–water partition coefficient (Wildman–Crippen LogP) is 6.29. The zero-order chi connectivity index (χ0) is 36.8. The van der Waals surface area contributed by atoms with Crippen LogP contribution in [0, 0.1) is 29.9 Å². The van der Waals surface area contributed by atoms with Crippen LogP contribution in [0.4, 0.5) is 39.3 Å². The van der Waals surface area contributed by atoms with Crippen molar-refractivity contribution in [2.45, 2.75) is 60.0 Å². The molecule has 3 N–H and O–H groups in total. The smallest absolute Gasteiger partial charge is 0.330 e. The number of amides is 4. The van der Waals surface area contributed by atoms with Gasteiger partial charge in [-0.3, -0.25) is 34.5 Å². The molecule has 4 amide bonds. The molecule has 0 saturated heterocycles. The van der Waals surface area contributed by atoms with E-state index < -0.39 is 22.8 Å². The molecule has 3 heterocycles. The Bertz CT molecular complexity index is 1950. The number of ether oxygens (including phenoxy) is 1. The molecule has 4 aromatic rings. The fourth-order valence-electron chi connectivity index (χ4n) is 5.51. The highest BCUT2D eigenvalue weighted by molar-refractivity contribution is 6.06. The number of urea groups is 1. The highest BCUT2D eigenvalue weighted by Gasteiger charge is 2.32. The normalized spacial score (nSPS) is 13.0. The Hall–Kier alpha value is -6.12. The van der Waals surface area contributed by atoms with Gasteiger partial charge in [-0.2, -0.15) is 4.98 Å². The Labute approximate surface area is 295 Å². The van der Waals surface area contributed by atoms with Crippen LogP contribution in [0.5, 0.6) is 5.75 Å². The number of pyridine rings is 1. The number of hydrogen-bond donors (Lipinski definition) is 3. The first-order valence-electron chi connectivity index (χ1n) is 16.6. The summed E-state index contributed by atoms with van der Waals surface area (Å²) < 4.78 is 5.53. The minimum Gasteiger partial charge on any atom is -0.487 e. The molecule has 5 rings (SSSR count). The summed E-state index contributed by atoms with van der Waals surface area (Å²) in [5.74, 6) is -0.205.